The van der Waals surface area contributed by atoms with E-state index >= 15 is 0 Å². The Morgan fingerprint density at radius 1 is 1.31 bits per heavy atom. The number of nitrogens with zero attached hydrogens (tertiary/aromatic N) is 2. The van der Waals surface area contributed by atoms with Crippen LogP contribution >= 0.6 is 11.6 Å². The number of aryl methyl sites for hydroxylation is 2. The van der Waals surface area contributed by atoms with E-state index in [-0.39, 0.29) is 5.38 Å². The summed E-state index contributed by atoms with van der Waals surface area (Å²) in [4.78, 5) is 0. The van der Waals surface area contributed by atoms with Gasteiger partial charge in [-0.25, -0.2) is 0 Å². The van der Waals surface area contributed by atoms with Gasteiger partial charge in [-0.15, -0.1) is 11.6 Å². The van der Waals surface area contributed by atoms with Gasteiger partial charge in [0.05, 0.1) is 11.6 Å². The molecule has 0 aliphatic carbocycles. The first-order valence-electron chi connectivity index (χ1n) is 5.31. The van der Waals surface area contributed by atoms with Crippen molar-refractivity contribution in [1.29, 1.82) is 0 Å². The third-order valence-electron chi connectivity index (χ3n) is 2.75. The molecule has 1 atom stereocenters. The van der Waals surface area contributed by atoms with E-state index < -0.39 is 0 Å². The number of hydrogen-bond acceptors (Lipinski definition) is 1. The summed E-state index contributed by atoms with van der Waals surface area (Å²) in [5.41, 5.74) is 4.71. The molecule has 1 aromatic carbocycles. The lowest BCUT2D eigenvalue weighted by Gasteiger charge is -2.09. The molecular formula is C13H15ClN2. The summed E-state index contributed by atoms with van der Waals surface area (Å²) in [6.45, 7) is 4.08. The molecule has 2 nitrogen and oxygen atoms in total. The Bertz CT molecular complexity index is 500. The lowest BCUT2D eigenvalue weighted by Crippen LogP contribution is -1.90. The summed E-state index contributed by atoms with van der Waals surface area (Å²) in [7, 11) is 1.92. The predicted molar refractivity (Wildman–Crippen MR) is 67.6 cm³/mol. The number of hydrogen-bond donors (Lipinski definition) is 0. The van der Waals surface area contributed by atoms with Gasteiger partial charge in [-0.2, -0.15) is 5.10 Å². The molecule has 0 aliphatic rings. The zero-order valence-corrected chi connectivity index (χ0v) is 10.5. The van der Waals surface area contributed by atoms with Crippen molar-refractivity contribution in [3.8, 4) is 11.1 Å². The van der Waals surface area contributed by atoms with E-state index in [4.69, 9.17) is 11.6 Å². The van der Waals surface area contributed by atoms with Crippen LogP contribution < -0.4 is 0 Å². The molecule has 2 rings (SSSR count). The van der Waals surface area contributed by atoms with Crippen molar-refractivity contribution in [3.63, 3.8) is 0 Å². The first-order valence-corrected chi connectivity index (χ1v) is 5.75. The number of alkyl halides is 1. The Balaban J connectivity index is 2.47. The monoisotopic (exact) mass is 234 g/mol. The van der Waals surface area contributed by atoms with Gasteiger partial charge in [-0.1, -0.05) is 12.1 Å². The molecule has 0 radical (unpaired) electrons. The molecule has 16 heavy (non-hydrogen) atoms. The number of benzene rings is 1. The molecule has 0 saturated carbocycles. The highest BCUT2D eigenvalue weighted by molar-refractivity contribution is 6.20. The van der Waals surface area contributed by atoms with Crippen molar-refractivity contribution in [1.82, 2.24) is 9.78 Å². The van der Waals surface area contributed by atoms with Gasteiger partial charge in [-0.3, -0.25) is 4.68 Å². The van der Waals surface area contributed by atoms with E-state index in [0.717, 1.165) is 5.56 Å². The summed E-state index contributed by atoms with van der Waals surface area (Å²) < 4.78 is 1.80. The Labute approximate surface area is 101 Å². The summed E-state index contributed by atoms with van der Waals surface area (Å²) in [6, 6.07) is 6.36. The van der Waals surface area contributed by atoms with Gasteiger partial charge < -0.3 is 0 Å². The van der Waals surface area contributed by atoms with E-state index in [9.17, 15) is 0 Å². The first kappa shape index (κ1) is 11.2. The fourth-order valence-corrected chi connectivity index (χ4v) is 2.05. The van der Waals surface area contributed by atoms with Gasteiger partial charge in [-0.05, 0) is 36.6 Å². The average Bonchev–Trinajstić information content (AvgIpc) is 2.65. The van der Waals surface area contributed by atoms with E-state index in [0.29, 0.717) is 0 Å². The normalized spacial score (nSPS) is 12.8. The lowest BCUT2D eigenvalue weighted by molar-refractivity contribution is 0.768. The standard InChI is InChI=1S/C13H15ClN2/c1-9-4-5-11(6-13(9)10(2)14)12-7-15-16(3)8-12/h4-8,10H,1-3H3. The third-order valence-corrected chi connectivity index (χ3v) is 2.98. The molecule has 1 heterocycles. The number of rotatable bonds is 2. The highest BCUT2D eigenvalue weighted by Gasteiger charge is 2.08. The van der Waals surface area contributed by atoms with Crippen LogP contribution in [0.3, 0.4) is 0 Å². The predicted octanol–water partition coefficient (Wildman–Crippen LogP) is 3.70. The fraction of sp³-hybridized carbons (Fsp3) is 0.308. The molecule has 0 saturated heterocycles. The van der Waals surface area contributed by atoms with Crippen molar-refractivity contribution in [2.24, 2.45) is 7.05 Å². The van der Waals surface area contributed by atoms with Gasteiger partial charge in [0.2, 0.25) is 0 Å². The molecule has 0 amide bonds. The highest BCUT2D eigenvalue weighted by atomic mass is 35.5. The van der Waals surface area contributed by atoms with Crippen LogP contribution in [0.2, 0.25) is 0 Å². The Kier molecular flexibility index (Phi) is 3.01. The van der Waals surface area contributed by atoms with Gasteiger partial charge in [0.25, 0.3) is 0 Å². The van der Waals surface area contributed by atoms with Crippen LogP contribution in [0.5, 0.6) is 0 Å². The zero-order valence-electron chi connectivity index (χ0n) is 9.74. The Morgan fingerprint density at radius 3 is 2.62 bits per heavy atom. The maximum absolute atomic E-state index is 6.15. The first-order chi connectivity index (χ1) is 7.58. The SMILES string of the molecule is Cc1ccc(-c2cnn(C)c2)cc1C(C)Cl. The van der Waals surface area contributed by atoms with Crippen molar-refractivity contribution < 1.29 is 0 Å². The molecule has 0 bridgehead atoms. The fourth-order valence-electron chi connectivity index (χ4n) is 1.82. The van der Waals surface area contributed by atoms with E-state index in [1.807, 2.05) is 26.4 Å². The third kappa shape index (κ3) is 2.12. The molecule has 84 valence electrons. The second-order valence-electron chi connectivity index (χ2n) is 4.09. The maximum Gasteiger partial charge on any atom is 0.0568 e. The molecule has 1 unspecified atom stereocenters. The average molecular weight is 235 g/mol. The smallest absolute Gasteiger partial charge is 0.0568 e. The van der Waals surface area contributed by atoms with Gasteiger partial charge in [0.15, 0.2) is 0 Å². The second kappa shape index (κ2) is 4.30. The van der Waals surface area contributed by atoms with Crippen LogP contribution in [-0.2, 0) is 7.05 Å². The quantitative estimate of drug-likeness (QED) is 0.725. The van der Waals surface area contributed by atoms with Gasteiger partial charge in [0.1, 0.15) is 0 Å². The molecule has 0 N–H and O–H groups in total. The number of aromatic nitrogens is 2. The van der Waals surface area contributed by atoms with Crippen LogP contribution in [0.25, 0.3) is 11.1 Å². The summed E-state index contributed by atoms with van der Waals surface area (Å²) in [5, 5.41) is 4.21. The summed E-state index contributed by atoms with van der Waals surface area (Å²) in [6.07, 6.45) is 3.88. The van der Waals surface area contributed by atoms with Crippen LogP contribution in [-0.4, -0.2) is 9.78 Å². The van der Waals surface area contributed by atoms with E-state index in [1.54, 1.807) is 4.68 Å². The lowest BCUT2D eigenvalue weighted by atomic mass is 10.00. The zero-order chi connectivity index (χ0) is 11.7. The summed E-state index contributed by atoms with van der Waals surface area (Å²) in [5.74, 6) is 0. The number of halogens is 1. The van der Waals surface area contributed by atoms with Crippen LogP contribution in [0.15, 0.2) is 30.6 Å². The topological polar surface area (TPSA) is 17.8 Å². The van der Waals surface area contributed by atoms with Crippen molar-refractivity contribution >= 4 is 11.6 Å². The summed E-state index contributed by atoms with van der Waals surface area (Å²) >= 11 is 6.15. The van der Waals surface area contributed by atoms with Crippen molar-refractivity contribution in [2.45, 2.75) is 19.2 Å². The van der Waals surface area contributed by atoms with Crippen molar-refractivity contribution in [2.75, 3.05) is 0 Å². The minimum absolute atomic E-state index is 0.0385. The van der Waals surface area contributed by atoms with E-state index in [2.05, 4.69) is 30.2 Å². The van der Waals surface area contributed by atoms with Crippen molar-refractivity contribution in [3.05, 3.63) is 41.7 Å². The molecule has 0 aliphatic heterocycles. The van der Waals surface area contributed by atoms with Crippen LogP contribution in [0.4, 0.5) is 0 Å². The Hall–Kier alpha value is -1.28. The molecular weight excluding hydrogens is 220 g/mol. The van der Waals surface area contributed by atoms with Gasteiger partial charge in [0, 0.05) is 18.8 Å². The largest absolute Gasteiger partial charge is 0.275 e. The maximum atomic E-state index is 6.15. The van der Waals surface area contributed by atoms with Gasteiger partial charge >= 0.3 is 0 Å². The second-order valence-corrected chi connectivity index (χ2v) is 4.74. The van der Waals surface area contributed by atoms with E-state index in [1.165, 1.54) is 16.7 Å². The highest BCUT2D eigenvalue weighted by Crippen LogP contribution is 2.28. The molecule has 1 aromatic heterocycles. The Morgan fingerprint density at radius 2 is 2.06 bits per heavy atom. The van der Waals surface area contributed by atoms with Crippen LogP contribution in [0, 0.1) is 6.92 Å². The molecule has 0 spiro atoms. The minimum Gasteiger partial charge on any atom is -0.275 e. The molecule has 3 heteroatoms. The molecule has 2 aromatic rings. The van der Waals surface area contributed by atoms with Crippen LogP contribution in [0.1, 0.15) is 23.4 Å². The molecule has 0 fully saturated rings. The minimum atomic E-state index is 0.0385.